The molecule has 1 heterocycles. The zero-order valence-electron chi connectivity index (χ0n) is 10.4. The molecule has 3 nitrogen and oxygen atoms in total. The molecule has 1 aliphatic rings. The van der Waals surface area contributed by atoms with Crippen LogP contribution in [0.25, 0.3) is 5.70 Å². The highest BCUT2D eigenvalue weighted by molar-refractivity contribution is 6.00. The van der Waals surface area contributed by atoms with E-state index < -0.39 is 0 Å². The summed E-state index contributed by atoms with van der Waals surface area (Å²) >= 11 is 0. The van der Waals surface area contributed by atoms with Gasteiger partial charge in [-0.1, -0.05) is 48.5 Å². The molecule has 0 bridgehead atoms. The molecule has 19 heavy (non-hydrogen) atoms. The van der Waals surface area contributed by atoms with Crippen LogP contribution in [0.1, 0.15) is 5.56 Å². The summed E-state index contributed by atoms with van der Waals surface area (Å²) in [5.74, 6) is -0.0500. The van der Waals surface area contributed by atoms with Gasteiger partial charge in [0, 0.05) is 11.8 Å². The average Bonchev–Trinajstić information content (AvgIpc) is 2.49. The summed E-state index contributed by atoms with van der Waals surface area (Å²) in [6.07, 6.45) is 1.64. The van der Waals surface area contributed by atoms with E-state index in [-0.39, 0.29) is 5.91 Å². The Morgan fingerprint density at radius 2 is 1.53 bits per heavy atom. The molecule has 0 saturated carbocycles. The Balaban J connectivity index is 2.04. The van der Waals surface area contributed by atoms with Crippen molar-refractivity contribution in [1.29, 1.82) is 0 Å². The van der Waals surface area contributed by atoms with Crippen molar-refractivity contribution in [3.8, 4) is 0 Å². The first-order chi connectivity index (χ1) is 9.34. The smallest absolute Gasteiger partial charge is 0.247 e. The lowest BCUT2D eigenvalue weighted by Crippen LogP contribution is -2.40. The summed E-state index contributed by atoms with van der Waals surface area (Å²) in [4.78, 5) is 13.7. The van der Waals surface area contributed by atoms with Gasteiger partial charge in [0.1, 0.15) is 0 Å². The second kappa shape index (κ2) is 4.98. The van der Waals surface area contributed by atoms with E-state index in [0.29, 0.717) is 6.67 Å². The molecule has 0 atom stereocenters. The number of hydrogen-bond acceptors (Lipinski definition) is 2. The molecule has 2 aromatic rings. The Morgan fingerprint density at radius 3 is 2.21 bits per heavy atom. The molecule has 0 aromatic heterocycles. The van der Waals surface area contributed by atoms with Gasteiger partial charge in [-0.25, -0.2) is 0 Å². The fourth-order valence-corrected chi connectivity index (χ4v) is 2.18. The van der Waals surface area contributed by atoms with Gasteiger partial charge in [0.2, 0.25) is 5.91 Å². The number of rotatable bonds is 2. The summed E-state index contributed by atoms with van der Waals surface area (Å²) in [5.41, 5.74) is 3.04. The number of amides is 1. The fraction of sp³-hybridized carbons (Fsp3) is 0.0625. The molecule has 0 fully saturated rings. The highest BCUT2D eigenvalue weighted by Gasteiger charge is 2.19. The zero-order chi connectivity index (χ0) is 13.1. The fourth-order valence-electron chi connectivity index (χ4n) is 2.18. The Kier molecular flexibility index (Phi) is 3.02. The molecule has 3 rings (SSSR count). The van der Waals surface area contributed by atoms with Crippen LogP contribution >= 0.6 is 0 Å². The van der Waals surface area contributed by atoms with Gasteiger partial charge < -0.3 is 10.2 Å². The maximum absolute atomic E-state index is 11.6. The van der Waals surface area contributed by atoms with E-state index in [1.165, 1.54) is 0 Å². The maximum atomic E-state index is 11.6. The molecule has 0 saturated heterocycles. The molecule has 0 unspecified atom stereocenters. The van der Waals surface area contributed by atoms with Crippen molar-refractivity contribution in [1.82, 2.24) is 5.32 Å². The molecule has 0 aliphatic carbocycles. The Bertz CT molecular complexity index is 605. The number of nitrogens with zero attached hydrogens (tertiary/aromatic N) is 1. The molecule has 0 spiro atoms. The summed E-state index contributed by atoms with van der Waals surface area (Å²) < 4.78 is 0. The molecular formula is C16H14N2O. The van der Waals surface area contributed by atoms with Crippen LogP contribution < -0.4 is 10.2 Å². The minimum atomic E-state index is -0.0500. The predicted molar refractivity (Wildman–Crippen MR) is 76.3 cm³/mol. The molecular weight excluding hydrogens is 236 g/mol. The number of anilines is 1. The van der Waals surface area contributed by atoms with Crippen LogP contribution in [-0.2, 0) is 4.79 Å². The van der Waals surface area contributed by atoms with Crippen molar-refractivity contribution in [3.63, 3.8) is 0 Å². The van der Waals surface area contributed by atoms with Crippen LogP contribution in [0.2, 0.25) is 0 Å². The summed E-state index contributed by atoms with van der Waals surface area (Å²) in [6.45, 7) is 0.490. The van der Waals surface area contributed by atoms with Crippen LogP contribution in [0.15, 0.2) is 66.7 Å². The summed E-state index contributed by atoms with van der Waals surface area (Å²) in [5, 5.41) is 2.84. The number of benzene rings is 2. The minimum absolute atomic E-state index is 0.0500. The first kappa shape index (κ1) is 11.5. The topological polar surface area (TPSA) is 32.3 Å². The van der Waals surface area contributed by atoms with E-state index in [1.54, 1.807) is 6.08 Å². The molecule has 3 heteroatoms. The SMILES string of the molecule is O=C1C=C(c2ccccc2)N(c2ccccc2)CN1. The lowest BCUT2D eigenvalue weighted by atomic mass is 10.1. The third-order valence-electron chi connectivity index (χ3n) is 3.11. The number of carbonyl (C=O) groups excluding carboxylic acids is 1. The Hall–Kier alpha value is -2.55. The van der Waals surface area contributed by atoms with Gasteiger partial charge in [0.15, 0.2) is 0 Å². The molecule has 1 amide bonds. The van der Waals surface area contributed by atoms with Crippen LogP contribution in [0.4, 0.5) is 5.69 Å². The second-order valence-corrected chi connectivity index (χ2v) is 4.36. The van der Waals surface area contributed by atoms with E-state index in [1.807, 2.05) is 60.7 Å². The number of nitrogens with one attached hydrogen (secondary N) is 1. The van der Waals surface area contributed by atoms with E-state index in [9.17, 15) is 4.79 Å². The lowest BCUT2D eigenvalue weighted by Gasteiger charge is -2.31. The van der Waals surface area contributed by atoms with Gasteiger partial charge in [-0.15, -0.1) is 0 Å². The first-order valence-electron chi connectivity index (χ1n) is 6.22. The molecule has 1 aliphatic heterocycles. The third-order valence-corrected chi connectivity index (χ3v) is 3.11. The summed E-state index contributed by atoms with van der Waals surface area (Å²) in [7, 11) is 0. The van der Waals surface area contributed by atoms with Crippen molar-refractivity contribution in [2.45, 2.75) is 0 Å². The lowest BCUT2D eigenvalue weighted by molar-refractivity contribution is -0.116. The zero-order valence-corrected chi connectivity index (χ0v) is 10.4. The Morgan fingerprint density at radius 1 is 0.895 bits per heavy atom. The Labute approximate surface area is 112 Å². The van der Waals surface area contributed by atoms with Crippen LogP contribution in [-0.4, -0.2) is 12.6 Å². The van der Waals surface area contributed by atoms with Gasteiger partial charge >= 0.3 is 0 Å². The van der Waals surface area contributed by atoms with Crippen molar-refractivity contribution in [2.75, 3.05) is 11.6 Å². The van der Waals surface area contributed by atoms with Crippen LogP contribution in [0.3, 0.4) is 0 Å². The maximum Gasteiger partial charge on any atom is 0.247 e. The van der Waals surface area contributed by atoms with Gasteiger partial charge in [0.25, 0.3) is 0 Å². The molecule has 1 N–H and O–H groups in total. The van der Waals surface area contributed by atoms with Gasteiger partial charge in [-0.05, 0) is 17.7 Å². The molecule has 0 radical (unpaired) electrons. The number of para-hydroxylation sites is 1. The summed E-state index contributed by atoms with van der Waals surface area (Å²) in [6, 6.07) is 20.0. The van der Waals surface area contributed by atoms with Crippen molar-refractivity contribution in [3.05, 3.63) is 72.3 Å². The van der Waals surface area contributed by atoms with Crippen molar-refractivity contribution >= 4 is 17.3 Å². The number of carbonyl (C=O) groups is 1. The van der Waals surface area contributed by atoms with Crippen molar-refractivity contribution in [2.24, 2.45) is 0 Å². The van der Waals surface area contributed by atoms with E-state index in [2.05, 4.69) is 10.2 Å². The van der Waals surface area contributed by atoms with Gasteiger partial charge in [0.05, 0.1) is 12.4 Å². The van der Waals surface area contributed by atoms with E-state index in [4.69, 9.17) is 0 Å². The minimum Gasteiger partial charge on any atom is -0.335 e. The monoisotopic (exact) mass is 250 g/mol. The van der Waals surface area contributed by atoms with Gasteiger partial charge in [-0.2, -0.15) is 0 Å². The van der Waals surface area contributed by atoms with E-state index in [0.717, 1.165) is 16.9 Å². The number of hydrogen-bond donors (Lipinski definition) is 1. The predicted octanol–water partition coefficient (Wildman–Crippen LogP) is 2.62. The van der Waals surface area contributed by atoms with Crippen LogP contribution in [0, 0.1) is 0 Å². The van der Waals surface area contributed by atoms with Gasteiger partial charge in [-0.3, -0.25) is 4.79 Å². The third kappa shape index (κ3) is 2.36. The quantitative estimate of drug-likeness (QED) is 0.888. The molecule has 94 valence electrons. The van der Waals surface area contributed by atoms with Crippen LogP contribution in [0.5, 0.6) is 0 Å². The highest BCUT2D eigenvalue weighted by Crippen LogP contribution is 2.26. The molecule has 2 aromatic carbocycles. The average molecular weight is 250 g/mol. The largest absolute Gasteiger partial charge is 0.335 e. The first-order valence-corrected chi connectivity index (χ1v) is 6.22. The highest BCUT2D eigenvalue weighted by atomic mass is 16.1. The standard InChI is InChI=1S/C16H14N2O/c19-16-11-15(13-7-3-1-4-8-13)18(12-17-16)14-9-5-2-6-10-14/h1-11H,12H2,(H,17,19). The van der Waals surface area contributed by atoms with E-state index >= 15 is 0 Å². The van der Waals surface area contributed by atoms with Crippen molar-refractivity contribution < 1.29 is 4.79 Å². The second-order valence-electron chi connectivity index (χ2n) is 4.36. The normalized spacial score (nSPS) is 14.8.